The number of hydrogen-bond donors (Lipinski definition) is 1. The summed E-state index contributed by atoms with van der Waals surface area (Å²) in [6.07, 6.45) is 5.13. The fourth-order valence-corrected chi connectivity index (χ4v) is 4.87. The number of rotatable bonds is 5. The van der Waals surface area contributed by atoms with Crippen molar-refractivity contribution in [1.82, 2.24) is 9.88 Å². The molecule has 1 unspecified atom stereocenters. The number of hydrogen-bond acceptors (Lipinski definition) is 4. The van der Waals surface area contributed by atoms with E-state index in [0.717, 1.165) is 17.8 Å². The Morgan fingerprint density at radius 1 is 0.844 bits per heavy atom. The first kappa shape index (κ1) is 20.4. The lowest BCUT2D eigenvalue weighted by Crippen LogP contribution is -2.52. The molecule has 1 aliphatic rings. The molecule has 0 radical (unpaired) electrons. The number of aliphatic hydroxyl groups is 1. The number of aliphatic hydroxyl groups excluding tert-OH is 1. The van der Waals surface area contributed by atoms with Gasteiger partial charge in [0.15, 0.2) is 6.39 Å². The average Bonchev–Trinajstić information content (AvgIpc) is 3.37. The summed E-state index contributed by atoms with van der Waals surface area (Å²) >= 11 is 0. The van der Waals surface area contributed by atoms with Gasteiger partial charge in [0.2, 0.25) is 0 Å². The highest BCUT2D eigenvalue weighted by Crippen LogP contribution is 2.44. The van der Waals surface area contributed by atoms with Crippen LogP contribution in [-0.4, -0.2) is 34.2 Å². The largest absolute Gasteiger partial charge is 0.451 e. The van der Waals surface area contributed by atoms with Crippen LogP contribution in [0.15, 0.2) is 114 Å². The molecule has 1 aliphatic heterocycles. The summed E-state index contributed by atoms with van der Waals surface area (Å²) in [5, 5.41) is 10.8. The van der Waals surface area contributed by atoms with E-state index < -0.39 is 11.6 Å². The molecule has 4 nitrogen and oxygen atoms in total. The molecule has 1 N–H and O–H groups in total. The molecule has 0 amide bonds. The molecule has 0 spiro atoms. The van der Waals surface area contributed by atoms with Crippen molar-refractivity contribution in [1.29, 1.82) is 0 Å². The minimum atomic E-state index is -0.497. The van der Waals surface area contributed by atoms with Crippen LogP contribution in [-0.2, 0) is 5.54 Å². The lowest BCUT2D eigenvalue weighted by molar-refractivity contribution is 0.0872. The molecule has 5 rings (SSSR count). The molecule has 32 heavy (non-hydrogen) atoms. The third-order valence-corrected chi connectivity index (χ3v) is 6.31. The first-order valence-electron chi connectivity index (χ1n) is 11.0. The van der Waals surface area contributed by atoms with Gasteiger partial charge in [0, 0.05) is 13.1 Å². The van der Waals surface area contributed by atoms with Crippen LogP contribution in [0.25, 0.3) is 6.08 Å². The number of aromatic nitrogens is 1. The summed E-state index contributed by atoms with van der Waals surface area (Å²) in [4.78, 5) is 6.71. The second-order valence-electron chi connectivity index (χ2n) is 8.17. The third-order valence-electron chi connectivity index (χ3n) is 6.31. The predicted molar refractivity (Wildman–Crippen MR) is 126 cm³/mol. The van der Waals surface area contributed by atoms with Gasteiger partial charge in [0.05, 0.1) is 11.6 Å². The third kappa shape index (κ3) is 3.68. The van der Waals surface area contributed by atoms with Crippen molar-refractivity contribution in [2.45, 2.75) is 18.1 Å². The van der Waals surface area contributed by atoms with Crippen molar-refractivity contribution in [3.05, 3.63) is 132 Å². The lowest BCUT2D eigenvalue weighted by atomic mass is 9.74. The lowest BCUT2D eigenvalue weighted by Gasteiger charge is -2.48. The van der Waals surface area contributed by atoms with E-state index in [1.54, 1.807) is 6.26 Å². The molecule has 2 heterocycles. The summed E-state index contributed by atoms with van der Waals surface area (Å²) in [5.41, 5.74) is 4.79. The normalized spacial score (nSPS) is 18.7. The molecule has 1 saturated heterocycles. The van der Waals surface area contributed by atoms with Gasteiger partial charge in [-0.15, -0.1) is 0 Å². The van der Waals surface area contributed by atoms with Crippen LogP contribution >= 0.6 is 0 Å². The molecule has 160 valence electrons. The summed E-state index contributed by atoms with van der Waals surface area (Å²) in [5.74, 6) is 0. The maximum atomic E-state index is 10.8. The van der Waals surface area contributed by atoms with Crippen LogP contribution in [0.4, 0.5) is 0 Å². The monoisotopic (exact) mass is 422 g/mol. The van der Waals surface area contributed by atoms with E-state index in [0.29, 0.717) is 13.0 Å². The quantitative estimate of drug-likeness (QED) is 0.454. The Morgan fingerprint density at radius 2 is 1.38 bits per heavy atom. The van der Waals surface area contributed by atoms with Gasteiger partial charge in [0.1, 0.15) is 12.0 Å². The molecular weight excluding hydrogens is 396 g/mol. The van der Waals surface area contributed by atoms with E-state index in [4.69, 9.17) is 4.42 Å². The minimum absolute atomic E-state index is 0.493. The van der Waals surface area contributed by atoms with Gasteiger partial charge in [-0.3, -0.25) is 4.90 Å². The molecule has 4 aromatic rings. The predicted octanol–water partition coefficient (Wildman–Crippen LogP) is 5.12. The number of nitrogens with zero attached hydrogens (tertiary/aromatic N) is 2. The molecule has 3 aromatic carbocycles. The zero-order valence-electron chi connectivity index (χ0n) is 17.8. The van der Waals surface area contributed by atoms with Crippen LogP contribution in [0.2, 0.25) is 0 Å². The molecular formula is C28H26N2O2. The number of oxazole rings is 1. The van der Waals surface area contributed by atoms with Gasteiger partial charge < -0.3 is 9.52 Å². The highest BCUT2D eigenvalue weighted by Gasteiger charge is 2.44. The van der Waals surface area contributed by atoms with Crippen molar-refractivity contribution in [3.63, 3.8) is 0 Å². The van der Waals surface area contributed by atoms with E-state index in [1.807, 2.05) is 6.08 Å². The highest BCUT2D eigenvalue weighted by molar-refractivity contribution is 5.53. The van der Waals surface area contributed by atoms with Gasteiger partial charge in [0.25, 0.3) is 0 Å². The SMILES string of the molecule is OC1CCN(C(c2ccccc2)(c2ccccc2)c2ccccc2)C/C1=C/c1cocn1. The highest BCUT2D eigenvalue weighted by atomic mass is 16.3. The smallest absolute Gasteiger partial charge is 0.181 e. The topological polar surface area (TPSA) is 49.5 Å². The summed E-state index contributed by atoms with van der Waals surface area (Å²) in [7, 11) is 0. The van der Waals surface area contributed by atoms with Gasteiger partial charge in [-0.2, -0.15) is 0 Å². The van der Waals surface area contributed by atoms with Crippen LogP contribution < -0.4 is 0 Å². The Kier molecular flexibility index (Phi) is 5.71. The Morgan fingerprint density at radius 3 is 1.84 bits per heavy atom. The van der Waals surface area contributed by atoms with E-state index in [1.165, 1.54) is 23.1 Å². The van der Waals surface area contributed by atoms with E-state index >= 15 is 0 Å². The number of piperidine rings is 1. The van der Waals surface area contributed by atoms with E-state index in [9.17, 15) is 5.11 Å². The van der Waals surface area contributed by atoms with Crippen LogP contribution in [0.1, 0.15) is 28.8 Å². The summed E-state index contributed by atoms with van der Waals surface area (Å²) < 4.78 is 5.14. The van der Waals surface area contributed by atoms with Crippen LogP contribution in [0, 0.1) is 0 Å². The zero-order valence-corrected chi connectivity index (χ0v) is 17.8. The number of benzene rings is 3. The Hall–Kier alpha value is -3.47. The molecule has 0 bridgehead atoms. The van der Waals surface area contributed by atoms with Crippen molar-refractivity contribution >= 4 is 6.08 Å². The van der Waals surface area contributed by atoms with Crippen molar-refractivity contribution < 1.29 is 9.52 Å². The minimum Gasteiger partial charge on any atom is -0.451 e. The van der Waals surface area contributed by atoms with Gasteiger partial charge in [-0.05, 0) is 34.8 Å². The average molecular weight is 423 g/mol. The van der Waals surface area contributed by atoms with Crippen LogP contribution in [0.3, 0.4) is 0 Å². The molecule has 1 atom stereocenters. The molecule has 1 fully saturated rings. The maximum absolute atomic E-state index is 10.8. The second-order valence-corrected chi connectivity index (χ2v) is 8.17. The second kappa shape index (κ2) is 8.95. The summed E-state index contributed by atoms with van der Waals surface area (Å²) in [6, 6.07) is 32.0. The molecule has 0 aliphatic carbocycles. The molecule has 1 aromatic heterocycles. The van der Waals surface area contributed by atoms with Crippen LogP contribution in [0.5, 0.6) is 0 Å². The Balaban J connectivity index is 1.71. The molecule has 4 heteroatoms. The fraction of sp³-hybridized carbons (Fsp3) is 0.179. The number of likely N-dealkylation sites (tertiary alicyclic amines) is 1. The Bertz CT molecular complexity index is 1060. The Labute approximate surface area is 188 Å². The first-order chi connectivity index (χ1) is 15.8. The summed E-state index contributed by atoms with van der Waals surface area (Å²) in [6.45, 7) is 1.38. The molecule has 0 saturated carbocycles. The first-order valence-corrected chi connectivity index (χ1v) is 11.0. The standard InChI is InChI=1S/C28H26N2O2/c31-27-16-17-30(19-22(27)18-26-20-32-21-29-26)28(23-10-4-1-5-11-23,24-12-6-2-7-13-24)25-14-8-3-9-15-25/h1-15,18,20-21,27,31H,16-17,19H2/b22-18-. The van der Waals surface area contributed by atoms with E-state index in [2.05, 4.69) is 101 Å². The van der Waals surface area contributed by atoms with Gasteiger partial charge >= 0.3 is 0 Å². The maximum Gasteiger partial charge on any atom is 0.181 e. The van der Waals surface area contributed by atoms with Gasteiger partial charge in [-0.1, -0.05) is 91.0 Å². The van der Waals surface area contributed by atoms with Crippen molar-refractivity contribution in [2.75, 3.05) is 13.1 Å². The van der Waals surface area contributed by atoms with Gasteiger partial charge in [-0.25, -0.2) is 4.98 Å². The zero-order chi connectivity index (χ0) is 21.8. The van der Waals surface area contributed by atoms with Crippen molar-refractivity contribution in [3.8, 4) is 0 Å². The van der Waals surface area contributed by atoms with Crippen molar-refractivity contribution in [2.24, 2.45) is 0 Å². The van der Waals surface area contributed by atoms with E-state index in [-0.39, 0.29) is 0 Å². The fourth-order valence-electron chi connectivity index (χ4n) is 4.87.